The van der Waals surface area contributed by atoms with Gasteiger partial charge in [-0.25, -0.2) is 0 Å². The topological polar surface area (TPSA) is 82.1 Å². The Morgan fingerprint density at radius 1 is 0.882 bits per heavy atom. The highest BCUT2D eigenvalue weighted by Crippen LogP contribution is 2.44. The van der Waals surface area contributed by atoms with Crippen molar-refractivity contribution < 1.29 is 28.4 Å². The molecule has 1 heterocycles. The first-order valence-corrected chi connectivity index (χ1v) is 22.0. The molecule has 2 aliphatic rings. The molecular formula is C41H62BBr2NO6. The fourth-order valence-corrected chi connectivity index (χ4v) is 7.90. The summed E-state index contributed by atoms with van der Waals surface area (Å²) in [4.78, 5) is 39.7. The molecule has 1 aliphatic carbocycles. The van der Waals surface area contributed by atoms with Crippen molar-refractivity contribution in [1.82, 2.24) is 4.90 Å². The third-order valence-corrected chi connectivity index (χ3v) is 11.1. The lowest BCUT2D eigenvalue weighted by molar-refractivity contribution is -0.147. The van der Waals surface area contributed by atoms with Crippen LogP contribution in [0.3, 0.4) is 0 Å². The van der Waals surface area contributed by atoms with Crippen molar-refractivity contribution in [3.8, 4) is 0 Å². The molecule has 284 valence electrons. The second-order valence-electron chi connectivity index (χ2n) is 14.0. The number of benzene rings is 1. The number of allylic oxidation sites excluding steroid dienone is 2. The molecule has 5 unspecified atom stereocenters. The number of carbonyl (C=O) groups is 3. The molecule has 10 heteroatoms. The van der Waals surface area contributed by atoms with E-state index in [1.54, 1.807) is 0 Å². The maximum atomic E-state index is 12.9. The molecule has 1 aliphatic heterocycles. The van der Waals surface area contributed by atoms with Gasteiger partial charge in [0.25, 0.3) is 0 Å². The van der Waals surface area contributed by atoms with Gasteiger partial charge in [0.2, 0.25) is 11.8 Å². The van der Waals surface area contributed by atoms with E-state index in [2.05, 4.69) is 75.2 Å². The number of imide groups is 1. The highest BCUT2D eigenvalue weighted by atomic mass is 79.9. The summed E-state index contributed by atoms with van der Waals surface area (Å²) in [6, 6.07) is 10.4. The van der Waals surface area contributed by atoms with Crippen molar-refractivity contribution in [2.24, 2.45) is 11.8 Å². The van der Waals surface area contributed by atoms with Crippen LogP contribution >= 0.6 is 31.9 Å². The predicted molar refractivity (Wildman–Crippen MR) is 215 cm³/mol. The molecule has 1 aromatic carbocycles. The van der Waals surface area contributed by atoms with E-state index >= 15 is 0 Å². The lowest BCUT2D eigenvalue weighted by Gasteiger charge is -2.27. The summed E-state index contributed by atoms with van der Waals surface area (Å²) >= 11 is 6.90. The van der Waals surface area contributed by atoms with E-state index in [0.717, 1.165) is 100 Å². The van der Waals surface area contributed by atoms with Crippen molar-refractivity contribution >= 4 is 56.8 Å². The van der Waals surface area contributed by atoms with E-state index in [4.69, 9.17) is 14.0 Å². The number of hydrogen-bond acceptors (Lipinski definition) is 6. The molecule has 2 bridgehead atoms. The quantitative estimate of drug-likeness (QED) is 0.0304. The van der Waals surface area contributed by atoms with Gasteiger partial charge in [-0.15, -0.1) is 0 Å². The Balaban J connectivity index is 1.62. The van der Waals surface area contributed by atoms with E-state index in [1.165, 1.54) is 10.5 Å². The highest BCUT2D eigenvalue weighted by molar-refractivity contribution is 9.09. The Hall–Kier alpha value is -1.75. The number of ether oxygens (including phenoxy) is 1. The van der Waals surface area contributed by atoms with E-state index in [1.807, 2.05) is 25.1 Å². The molecule has 2 amide bonds. The number of esters is 1. The number of hydrogen-bond donors (Lipinski definition) is 0. The number of fused-ring (bicyclic) bond motifs is 2. The first-order chi connectivity index (χ1) is 24.9. The predicted octanol–water partition coefficient (Wildman–Crippen LogP) is 10.2. The van der Waals surface area contributed by atoms with Crippen molar-refractivity contribution in [2.75, 3.05) is 17.2 Å². The van der Waals surface area contributed by atoms with Crippen LogP contribution in [-0.2, 0) is 34.9 Å². The van der Waals surface area contributed by atoms with Crippen LogP contribution in [-0.4, -0.2) is 65.3 Å². The average molecular weight is 836 g/mol. The minimum atomic E-state index is -0.302. The maximum Gasteiger partial charge on any atom is 0.457 e. The monoisotopic (exact) mass is 833 g/mol. The summed E-state index contributed by atoms with van der Waals surface area (Å²) in [5, 5.41) is 1.89. The van der Waals surface area contributed by atoms with Crippen LogP contribution in [0.4, 0.5) is 0 Å². The van der Waals surface area contributed by atoms with Gasteiger partial charge in [-0.1, -0.05) is 113 Å². The van der Waals surface area contributed by atoms with Crippen LogP contribution < -0.4 is 0 Å². The van der Waals surface area contributed by atoms with Gasteiger partial charge in [-0.3, -0.25) is 19.3 Å². The van der Waals surface area contributed by atoms with Gasteiger partial charge in [0.15, 0.2) is 0 Å². The van der Waals surface area contributed by atoms with Gasteiger partial charge in [0.05, 0.1) is 6.10 Å². The third-order valence-electron chi connectivity index (χ3n) is 10.00. The van der Waals surface area contributed by atoms with E-state index in [0.29, 0.717) is 32.2 Å². The number of amides is 2. The zero-order valence-electron chi connectivity index (χ0n) is 31.2. The number of carbonyl (C=O) groups excluding carboxylic acids is 3. The molecule has 3 rings (SSSR count). The van der Waals surface area contributed by atoms with Crippen LogP contribution in [0.1, 0.15) is 122 Å². The standard InChI is InChI=1S/C41H62BBr2NO6/c1-3-5-29-42-50-37-32-38(51-42)36(28-27-34(26-25-33-19-11-8-12-20-33)49-41(48)24-16-10-18-31-44)35(37)21-13-6-7-14-22-39(46)45(4-2)40(47)23-15-9-17-30-43/h6,8,11-13,19-20,27-28,34-38H,3-5,7,9-10,14-18,21-26,29-32H2,1-2H3/b13-6-,28-27+. The molecule has 1 saturated carbocycles. The molecular weight excluding hydrogens is 773 g/mol. The molecule has 0 radical (unpaired) electrons. The molecule has 0 N–H and O–H groups in total. The first-order valence-electron chi connectivity index (χ1n) is 19.7. The molecule has 2 fully saturated rings. The summed E-state index contributed by atoms with van der Waals surface area (Å²) in [5.41, 5.74) is 1.23. The molecule has 5 atom stereocenters. The minimum absolute atomic E-state index is 0.0547. The van der Waals surface area contributed by atoms with Gasteiger partial charge in [-0.05, 0) is 95.0 Å². The Morgan fingerprint density at radius 2 is 1.57 bits per heavy atom. The van der Waals surface area contributed by atoms with Crippen molar-refractivity contribution in [3.05, 3.63) is 60.2 Å². The molecule has 0 aromatic heterocycles. The normalized spacial score (nSPS) is 20.7. The van der Waals surface area contributed by atoms with Gasteiger partial charge in [-0.2, -0.15) is 0 Å². The number of rotatable bonds is 26. The first kappa shape index (κ1) is 43.7. The van der Waals surface area contributed by atoms with Crippen LogP contribution in [0.25, 0.3) is 0 Å². The Morgan fingerprint density at radius 3 is 2.25 bits per heavy atom. The molecule has 1 aromatic rings. The number of halogens is 2. The van der Waals surface area contributed by atoms with Crippen LogP contribution in [0.2, 0.25) is 6.32 Å². The highest BCUT2D eigenvalue weighted by Gasteiger charge is 2.49. The van der Waals surface area contributed by atoms with Crippen molar-refractivity contribution in [1.29, 1.82) is 0 Å². The minimum Gasteiger partial charge on any atom is -0.458 e. The Kier molecular flexibility index (Phi) is 22.3. The molecule has 7 nitrogen and oxygen atoms in total. The summed E-state index contributed by atoms with van der Waals surface area (Å²) in [5.74, 6) is 0.148. The second kappa shape index (κ2) is 26.1. The molecule has 1 saturated heterocycles. The van der Waals surface area contributed by atoms with Crippen molar-refractivity contribution in [2.45, 2.75) is 148 Å². The van der Waals surface area contributed by atoms with E-state index < -0.39 is 0 Å². The number of aryl methyl sites for hydroxylation is 1. The van der Waals surface area contributed by atoms with Crippen LogP contribution in [0.5, 0.6) is 0 Å². The largest absolute Gasteiger partial charge is 0.458 e. The molecule has 0 spiro atoms. The third kappa shape index (κ3) is 16.4. The smallest absolute Gasteiger partial charge is 0.457 e. The fourth-order valence-electron chi connectivity index (χ4n) is 7.11. The summed E-state index contributed by atoms with van der Waals surface area (Å²) in [6.07, 6.45) is 23.5. The summed E-state index contributed by atoms with van der Waals surface area (Å²) in [6.45, 7) is 4.49. The maximum absolute atomic E-state index is 12.9. The SMILES string of the molecule is CCCCB1OC2CC(O1)C(C/C=C\CCCC(=O)N(CC)C(=O)CCCCCBr)C2/C=C/C(CCc1ccccc1)OC(=O)CCCCCBr. The lowest BCUT2D eigenvalue weighted by Crippen LogP contribution is -2.37. The summed E-state index contributed by atoms with van der Waals surface area (Å²) < 4.78 is 19.1. The van der Waals surface area contributed by atoms with Gasteiger partial charge >= 0.3 is 13.1 Å². The number of alkyl halides is 2. The van der Waals surface area contributed by atoms with Crippen molar-refractivity contribution in [3.63, 3.8) is 0 Å². The zero-order chi connectivity index (χ0) is 36.7. The number of nitrogens with zero attached hydrogens (tertiary/aromatic N) is 1. The zero-order valence-corrected chi connectivity index (χ0v) is 34.3. The number of unbranched alkanes of at least 4 members (excludes halogenated alkanes) is 6. The average Bonchev–Trinajstić information content (AvgIpc) is 3.38. The Bertz CT molecular complexity index is 1200. The fraction of sp³-hybridized carbons (Fsp3) is 0.683. The van der Waals surface area contributed by atoms with E-state index in [-0.39, 0.29) is 55.0 Å². The van der Waals surface area contributed by atoms with Gasteiger partial charge in [0.1, 0.15) is 6.10 Å². The van der Waals surface area contributed by atoms with Gasteiger partial charge < -0.3 is 14.0 Å². The van der Waals surface area contributed by atoms with Crippen LogP contribution in [0, 0.1) is 11.8 Å². The Labute approximate surface area is 325 Å². The van der Waals surface area contributed by atoms with Crippen LogP contribution in [0.15, 0.2) is 54.6 Å². The van der Waals surface area contributed by atoms with E-state index in [9.17, 15) is 14.4 Å². The molecule has 51 heavy (non-hydrogen) atoms. The summed E-state index contributed by atoms with van der Waals surface area (Å²) in [7, 11) is -0.176. The second-order valence-corrected chi connectivity index (χ2v) is 15.6. The van der Waals surface area contributed by atoms with Gasteiger partial charge in [0, 0.05) is 48.5 Å². The lowest BCUT2D eigenvalue weighted by atomic mass is 9.80.